The summed E-state index contributed by atoms with van der Waals surface area (Å²) >= 11 is 10.0. The third kappa shape index (κ3) is 5.31. The van der Waals surface area contributed by atoms with Gasteiger partial charge in [-0.3, -0.25) is 19.3 Å². The van der Waals surface area contributed by atoms with Crippen molar-refractivity contribution in [2.24, 2.45) is 4.99 Å². The molecule has 8 nitrogen and oxygen atoms in total. The number of imidazole rings is 1. The number of carbonyl (C=O) groups is 2. The van der Waals surface area contributed by atoms with Gasteiger partial charge < -0.3 is 9.47 Å². The molecule has 2 aromatic heterocycles. The van der Waals surface area contributed by atoms with Crippen LogP contribution in [0.2, 0.25) is 5.02 Å². The van der Waals surface area contributed by atoms with Crippen molar-refractivity contribution in [1.82, 2.24) is 14.5 Å². The minimum absolute atomic E-state index is 0.0418. The maximum absolute atomic E-state index is 12.5. The number of ether oxygens (including phenoxy) is 2. The first kappa shape index (κ1) is 25.1. The van der Waals surface area contributed by atoms with E-state index in [4.69, 9.17) is 26.1 Å². The van der Waals surface area contributed by atoms with Crippen molar-refractivity contribution in [3.05, 3.63) is 75.0 Å². The van der Waals surface area contributed by atoms with Gasteiger partial charge in [-0.15, -0.1) is 0 Å². The van der Waals surface area contributed by atoms with Gasteiger partial charge in [0.05, 0.1) is 28.7 Å². The molecule has 1 aliphatic rings. The Hall–Kier alpha value is -3.04. The Kier molecular flexibility index (Phi) is 7.66. The van der Waals surface area contributed by atoms with Crippen LogP contribution in [0, 0.1) is 6.92 Å². The summed E-state index contributed by atoms with van der Waals surface area (Å²) in [6.45, 7) is 5.36. The van der Waals surface area contributed by atoms with Crippen LogP contribution in [0.15, 0.2) is 52.2 Å². The van der Waals surface area contributed by atoms with Gasteiger partial charge in [-0.25, -0.2) is 9.78 Å². The van der Waals surface area contributed by atoms with E-state index in [1.165, 1.54) is 6.92 Å². The second-order valence-electron chi connectivity index (χ2n) is 8.01. The van der Waals surface area contributed by atoms with Gasteiger partial charge in [-0.1, -0.05) is 17.7 Å². The molecule has 10 heteroatoms. The van der Waals surface area contributed by atoms with Crippen molar-refractivity contribution >= 4 is 45.2 Å². The Labute approximate surface area is 216 Å². The van der Waals surface area contributed by atoms with Crippen molar-refractivity contribution in [2.45, 2.75) is 45.8 Å². The molecule has 1 aliphatic heterocycles. The molecule has 0 fully saturated rings. The van der Waals surface area contributed by atoms with Gasteiger partial charge in [0, 0.05) is 34.5 Å². The number of fused-ring (bicyclic) bond motifs is 3. The number of rotatable bonds is 7. The fraction of sp³-hybridized carbons (Fsp3) is 0.320. The second kappa shape index (κ2) is 10.7. The summed E-state index contributed by atoms with van der Waals surface area (Å²) < 4.78 is 12.9. The lowest BCUT2D eigenvalue weighted by molar-refractivity contribution is -0.166. The van der Waals surface area contributed by atoms with Gasteiger partial charge >= 0.3 is 11.9 Å². The van der Waals surface area contributed by atoms with Gasteiger partial charge in [0.25, 0.3) is 0 Å². The van der Waals surface area contributed by atoms with E-state index >= 15 is 0 Å². The first-order valence-electron chi connectivity index (χ1n) is 11.2. The highest BCUT2D eigenvalue weighted by molar-refractivity contribution is 9.10. The highest BCUT2D eigenvalue weighted by Crippen LogP contribution is 2.37. The molecular formula is C25H24BrClN4O4. The smallest absolute Gasteiger partial charge is 0.347 e. The summed E-state index contributed by atoms with van der Waals surface area (Å²) in [5.41, 5.74) is 3.92. The number of esters is 2. The van der Waals surface area contributed by atoms with Crippen molar-refractivity contribution in [2.75, 3.05) is 6.61 Å². The topological polar surface area (TPSA) is 95.7 Å². The largest absolute Gasteiger partial charge is 0.463 e. The lowest BCUT2D eigenvalue weighted by Crippen LogP contribution is -2.26. The molecule has 0 saturated heterocycles. The quantitative estimate of drug-likeness (QED) is 0.371. The summed E-state index contributed by atoms with van der Waals surface area (Å²) in [6.07, 6.45) is 2.87. The number of hydrogen-bond donors (Lipinski definition) is 0. The van der Waals surface area contributed by atoms with Gasteiger partial charge in [-0.05, 0) is 67.4 Å². The van der Waals surface area contributed by atoms with E-state index in [2.05, 4.69) is 25.9 Å². The van der Waals surface area contributed by atoms with Gasteiger partial charge in [0.15, 0.2) is 6.10 Å². The monoisotopic (exact) mass is 558 g/mol. The van der Waals surface area contributed by atoms with Crippen molar-refractivity contribution in [3.8, 4) is 5.69 Å². The minimum atomic E-state index is -0.975. The molecule has 0 N–H and O–H groups in total. The van der Waals surface area contributed by atoms with Crippen molar-refractivity contribution in [3.63, 3.8) is 0 Å². The lowest BCUT2D eigenvalue weighted by atomic mass is 10.0. The van der Waals surface area contributed by atoms with Crippen LogP contribution in [0.25, 0.3) is 5.69 Å². The molecule has 0 saturated carbocycles. The zero-order chi connectivity index (χ0) is 25.1. The molecule has 2 atom stereocenters. The van der Waals surface area contributed by atoms with Crippen LogP contribution in [0.3, 0.4) is 0 Å². The number of halogens is 2. The molecule has 1 unspecified atom stereocenters. The van der Waals surface area contributed by atoms with E-state index in [1.54, 1.807) is 19.3 Å². The molecule has 3 aromatic rings. The SMILES string of the molecule is CCOC(=O)C(C)OC(=O)CC[C@@H]1N=C(c2ccccn2)c2cc(Br)c(Cl)cc2-n2c(C)cnc21. The average molecular weight is 560 g/mol. The van der Waals surface area contributed by atoms with E-state index in [-0.39, 0.29) is 13.0 Å². The molecule has 0 spiro atoms. The van der Waals surface area contributed by atoms with E-state index in [1.807, 2.05) is 41.8 Å². The Bertz CT molecular complexity index is 1290. The minimum Gasteiger partial charge on any atom is -0.463 e. The highest BCUT2D eigenvalue weighted by Gasteiger charge is 2.29. The Morgan fingerprint density at radius 1 is 1.26 bits per heavy atom. The fourth-order valence-electron chi connectivity index (χ4n) is 3.92. The van der Waals surface area contributed by atoms with E-state index in [9.17, 15) is 9.59 Å². The van der Waals surface area contributed by atoms with Gasteiger partial charge in [-0.2, -0.15) is 0 Å². The molecule has 0 aliphatic carbocycles. The second-order valence-corrected chi connectivity index (χ2v) is 9.27. The first-order valence-corrected chi connectivity index (χ1v) is 12.4. The molecule has 182 valence electrons. The third-order valence-electron chi connectivity index (χ3n) is 5.54. The van der Waals surface area contributed by atoms with Crippen LogP contribution in [0.4, 0.5) is 0 Å². The zero-order valence-corrected chi connectivity index (χ0v) is 21.8. The van der Waals surface area contributed by atoms with Crippen LogP contribution in [0.1, 0.15) is 55.5 Å². The third-order valence-corrected chi connectivity index (χ3v) is 6.74. The van der Waals surface area contributed by atoms with Crippen molar-refractivity contribution in [1.29, 1.82) is 0 Å². The Morgan fingerprint density at radius 3 is 2.77 bits per heavy atom. The van der Waals surface area contributed by atoms with Crippen molar-refractivity contribution < 1.29 is 19.1 Å². The van der Waals surface area contributed by atoms with Crippen LogP contribution < -0.4 is 0 Å². The van der Waals surface area contributed by atoms with Crippen LogP contribution in [-0.4, -0.2) is 44.9 Å². The number of nitrogens with zero attached hydrogens (tertiary/aromatic N) is 4. The molecule has 4 rings (SSSR count). The summed E-state index contributed by atoms with van der Waals surface area (Å²) in [6, 6.07) is 8.95. The number of pyridine rings is 1. The van der Waals surface area contributed by atoms with Crippen LogP contribution >= 0.6 is 27.5 Å². The Balaban J connectivity index is 1.72. The summed E-state index contributed by atoms with van der Waals surface area (Å²) in [4.78, 5) is 38.5. The fourth-order valence-corrected chi connectivity index (χ4v) is 4.42. The van der Waals surface area contributed by atoms with Crippen LogP contribution in [0.5, 0.6) is 0 Å². The van der Waals surface area contributed by atoms with E-state index in [0.29, 0.717) is 28.7 Å². The summed E-state index contributed by atoms with van der Waals surface area (Å²) in [5, 5.41) is 0.554. The highest BCUT2D eigenvalue weighted by atomic mass is 79.9. The summed E-state index contributed by atoms with van der Waals surface area (Å²) in [5.74, 6) is -0.406. The molecule has 1 aromatic carbocycles. The number of aryl methyl sites for hydroxylation is 1. The maximum atomic E-state index is 12.5. The Morgan fingerprint density at radius 2 is 2.06 bits per heavy atom. The molecule has 3 heterocycles. The zero-order valence-electron chi connectivity index (χ0n) is 19.5. The predicted octanol–water partition coefficient (Wildman–Crippen LogP) is 5.16. The molecule has 0 radical (unpaired) electrons. The predicted molar refractivity (Wildman–Crippen MR) is 135 cm³/mol. The number of aliphatic imine (C=N–C) groups is 1. The molecule has 35 heavy (non-hydrogen) atoms. The standard InChI is InChI=1S/C25H24BrClN4O4/c1-4-34-25(33)15(3)35-22(32)9-8-20-24-29-13-14(2)31(24)21-12-18(27)17(26)11-16(21)23(30-20)19-7-5-6-10-28-19/h5-7,10-13,15,20H,4,8-9H2,1-3H3/t15?,20-/m0/s1. The van der Waals surface area contributed by atoms with Gasteiger partial charge in [0.2, 0.25) is 0 Å². The first-order chi connectivity index (χ1) is 16.8. The number of aromatic nitrogens is 3. The van der Waals surface area contributed by atoms with Gasteiger partial charge in [0.1, 0.15) is 11.9 Å². The van der Waals surface area contributed by atoms with Crippen LogP contribution in [-0.2, 0) is 19.1 Å². The maximum Gasteiger partial charge on any atom is 0.347 e. The number of benzene rings is 1. The number of carbonyl (C=O) groups excluding carboxylic acids is 2. The molecule has 0 bridgehead atoms. The molecule has 0 amide bonds. The lowest BCUT2D eigenvalue weighted by Gasteiger charge is -2.15. The number of hydrogen-bond acceptors (Lipinski definition) is 7. The van der Waals surface area contributed by atoms with E-state index in [0.717, 1.165) is 21.4 Å². The average Bonchev–Trinajstić information content (AvgIpc) is 3.16. The summed E-state index contributed by atoms with van der Waals surface area (Å²) in [7, 11) is 0. The normalized spacial score (nSPS) is 15.3. The van der Waals surface area contributed by atoms with E-state index < -0.39 is 24.1 Å². The molecular weight excluding hydrogens is 536 g/mol.